The molecule has 0 bridgehead atoms. The molecule has 6 rings (SSSR count). The van der Waals surface area contributed by atoms with Crippen LogP contribution in [0, 0.1) is 18.7 Å². The van der Waals surface area contributed by atoms with Crippen LogP contribution in [0.3, 0.4) is 0 Å². The molecule has 0 radical (unpaired) electrons. The lowest BCUT2D eigenvalue weighted by molar-refractivity contribution is -0.125. The Morgan fingerprint density at radius 3 is 2.97 bits per heavy atom. The Hall–Kier alpha value is -3.85. The third kappa shape index (κ3) is 4.19. The summed E-state index contributed by atoms with van der Waals surface area (Å²) in [6.07, 6.45) is 5.06. The first-order valence-electron chi connectivity index (χ1n) is 12.0. The predicted octanol–water partition coefficient (Wildman–Crippen LogP) is 5.01. The van der Waals surface area contributed by atoms with Gasteiger partial charge in [0.2, 0.25) is 5.91 Å². The third-order valence-corrected chi connectivity index (χ3v) is 7.83. The van der Waals surface area contributed by atoms with E-state index in [-0.39, 0.29) is 17.6 Å². The number of nitrogens with zero attached hydrogens (tertiary/aromatic N) is 5. The second-order valence-electron chi connectivity index (χ2n) is 9.20. The maximum Gasteiger partial charge on any atom is 0.225 e. The lowest BCUT2D eigenvalue weighted by atomic mass is 9.97. The van der Waals surface area contributed by atoms with E-state index in [1.807, 2.05) is 24.4 Å². The molecule has 0 aliphatic carbocycles. The summed E-state index contributed by atoms with van der Waals surface area (Å²) in [6, 6.07) is 13.3. The van der Waals surface area contributed by atoms with Gasteiger partial charge in [0.1, 0.15) is 18.0 Å². The topological polar surface area (TPSA) is 75.9 Å². The van der Waals surface area contributed by atoms with Gasteiger partial charge in [0.25, 0.3) is 0 Å². The highest BCUT2D eigenvalue weighted by atomic mass is 32.1. The van der Waals surface area contributed by atoms with E-state index in [0.717, 1.165) is 36.2 Å². The first-order valence-corrected chi connectivity index (χ1v) is 12.9. The minimum absolute atomic E-state index is 0.0612. The second-order valence-corrected chi connectivity index (χ2v) is 10.1. The summed E-state index contributed by atoms with van der Waals surface area (Å²) in [5, 5.41) is 11.8. The van der Waals surface area contributed by atoms with Crippen LogP contribution in [0.15, 0.2) is 60.4 Å². The van der Waals surface area contributed by atoms with Gasteiger partial charge in [-0.15, -0.1) is 16.4 Å². The van der Waals surface area contributed by atoms with Crippen LogP contribution in [0.4, 0.5) is 10.2 Å². The SMILES string of the molecule is Cc1ccc(-n2cc3c(N4CCC[C@H](C(=O)NCc5csc6ccccc56)C4)ncnc3n2)cc1F. The maximum absolute atomic E-state index is 14.1. The van der Waals surface area contributed by atoms with Crippen molar-refractivity contribution < 1.29 is 9.18 Å². The minimum atomic E-state index is -0.279. The average molecular weight is 501 g/mol. The summed E-state index contributed by atoms with van der Waals surface area (Å²) in [4.78, 5) is 24.1. The Labute approximate surface area is 211 Å². The number of piperidine rings is 1. The van der Waals surface area contributed by atoms with Gasteiger partial charge in [-0.2, -0.15) is 0 Å². The number of benzene rings is 2. The van der Waals surface area contributed by atoms with Crippen molar-refractivity contribution in [2.75, 3.05) is 18.0 Å². The molecule has 1 amide bonds. The van der Waals surface area contributed by atoms with E-state index in [1.165, 1.54) is 22.5 Å². The molecule has 7 nitrogen and oxygen atoms in total. The number of halogens is 1. The molecule has 1 aliphatic heterocycles. The molecule has 3 aromatic heterocycles. The molecule has 1 aliphatic rings. The normalized spacial score (nSPS) is 16.1. The Kier molecular flexibility index (Phi) is 5.85. The van der Waals surface area contributed by atoms with Crippen molar-refractivity contribution in [3.05, 3.63) is 77.3 Å². The number of carbonyl (C=O) groups is 1. The van der Waals surface area contributed by atoms with Crippen LogP contribution >= 0.6 is 11.3 Å². The zero-order chi connectivity index (χ0) is 24.6. The van der Waals surface area contributed by atoms with Crippen molar-refractivity contribution in [1.29, 1.82) is 0 Å². The van der Waals surface area contributed by atoms with E-state index in [4.69, 9.17) is 0 Å². The van der Waals surface area contributed by atoms with Gasteiger partial charge < -0.3 is 10.2 Å². The van der Waals surface area contributed by atoms with Crippen LogP contribution < -0.4 is 10.2 Å². The van der Waals surface area contributed by atoms with Crippen LogP contribution in [0.2, 0.25) is 0 Å². The second kappa shape index (κ2) is 9.31. The van der Waals surface area contributed by atoms with Crippen LogP contribution in [0.5, 0.6) is 0 Å². The van der Waals surface area contributed by atoms with E-state index >= 15 is 0 Å². The van der Waals surface area contributed by atoms with E-state index in [9.17, 15) is 9.18 Å². The number of amides is 1. The highest BCUT2D eigenvalue weighted by Gasteiger charge is 2.28. The minimum Gasteiger partial charge on any atom is -0.355 e. The van der Waals surface area contributed by atoms with Gasteiger partial charge in [0.05, 0.1) is 17.0 Å². The van der Waals surface area contributed by atoms with Crippen molar-refractivity contribution in [3.8, 4) is 5.69 Å². The van der Waals surface area contributed by atoms with E-state index in [2.05, 4.69) is 42.8 Å². The molecule has 1 fully saturated rings. The lowest BCUT2D eigenvalue weighted by Crippen LogP contribution is -2.43. The highest BCUT2D eigenvalue weighted by Crippen LogP contribution is 2.29. The number of aromatic nitrogens is 4. The zero-order valence-corrected chi connectivity index (χ0v) is 20.6. The first kappa shape index (κ1) is 22.6. The molecular formula is C27H25FN6OS. The molecule has 1 saturated heterocycles. The summed E-state index contributed by atoms with van der Waals surface area (Å²) >= 11 is 1.70. The largest absolute Gasteiger partial charge is 0.355 e. The van der Waals surface area contributed by atoms with Gasteiger partial charge in [-0.1, -0.05) is 24.3 Å². The van der Waals surface area contributed by atoms with Crippen LogP contribution in [0.25, 0.3) is 26.8 Å². The molecule has 9 heteroatoms. The van der Waals surface area contributed by atoms with Gasteiger partial charge in [0, 0.05) is 30.5 Å². The number of thiophene rings is 1. The van der Waals surface area contributed by atoms with Gasteiger partial charge in [-0.25, -0.2) is 19.0 Å². The van der Waals surface area contributed by atoms with E-state index < -0.39 is 0 Å². The third-order valence-electron chi connectivity index (χ3n) is 6.82. The Morgan fingerprint density at radius 2 is 2.08 bits per heavy atom. The number of rotatable bonds is 5. The predicted molar refractivity (Wildman–Crippen MR) is 140 cm³/mol. The van der Waals surface area contributed by atoms with Crippen LogP contribution in [-0.2, 0) is 11.3 Å². The van der Waals surface area contributed by atoms with Crippen molar-refractivity contribution >= 4 is 44.2 Å². The quantitative estimate of drug-likeness (QED) is 0.367. The smallest absolute Gasteiger partial charge is 0.225 e. The molecule has 0 unspecified atom stereocenters. The molecule has 0 spiro atoms. The van der Waals surface area contributed by atoms with Crippen LogP contribution in [-0.4, -0.2) is 38.7 Å². The molecule has 36 heavy (non-hydrogen) atoms. The van der Waals surface area contributed by atoms with Crippen molar-refractivity contribution in [3.63, 3.8) is 0 Å². The van der Waals surface area contributed by atoms with E-state index in [0.29, 0.717) is 30.0 Å². The highest BCUT2D eigenvalue weighted by molar-refractivity contribution is 7.17. The molecule has 1 N–H and O–H groups in total. The number of nitrogens with one attached hydrogen (secondary N) is 1. The molecule has 2 aromatic carbocycles. The monoisotopic (exact) mass is 500 g/mol. The van der Waals surface area contributed by atoms with Crippen LogP contribution in [0.1, 0.15) is 24.0 Å². The van der Waals surface area contributed by atoms with Crippen molar-refractivity contribution in [1.82, 2.24) is 25.1 Å². The average Bonchev–Trinajstić information content (AvgIpc) is 3.53. The fourth-order valence-electron chi connectivity index (χ4n) is 4.81. The number of aryl methyl sites for hydroxylation is 1. The number of anilines is 1. The Morgan fingerprint density at radius 1 is 1.19 bits per heavy atom. The van der Waals surface area contributed by atoms with E-state index in [1.54, 1.807) is 29.0 Å². The first-order chi connectivity index (χ1) is 17.6. The summed E-state index contributed by atoms with van der Waals surface area (Å²) in [7, 11) is 0. The molecular weight excluding hydrogens is 475 g/mol. The van der Waals surface area contributed by atoms with Gasteiger partial charge in [-0.05, 0) is 59.9 Å². The Balaban J connectivity index is 1.20. The fourth-order valence-corrected chi connectivity index (χ4v) is 5.78. The number of carbonyl (C=O) groups excluding carboxylic acids is 1. The number of hydrogen-bond donors (Lipinski definition) is 1. The molecule has 5 aromatic rings. The summed E-state index contributed by atoms with van der Waals surface area (Å²) in [5.74, 6) is 0.403. The molecule has 182 valence electrons. The standard InChI is InChI=1S/C27H25FN6OS/c1-17-8-9-20(11-23(17)28)34-14-22-25(32-34)30-16-31-26(22)33-10-4-5-18(13-33)27(35)29-12-19-15-36-24-7-3-2-6-21(19)24/h2-3,6-9,11,14-16,18H,4-5,10,12-13H2,1H3,(H,29,35)/t18-/m0/s1. The van der Waals surface area contributed by atoms with Crippen molar-refractivity contribution in [2.45, 2.75) is 26.3 Å². The zero-order valence-electron chi connectivity index (χ0n) is 19.8. The lowest BCUT2D eigenvalue weighted by Gasteiger charge is -2.33. The summed E-state index contributed by atoms with van der Waals surface area (Å²) in [6.45, 7) is 3.63. The number of hydrogen-bond acceptors (Lipinski definition) is 6. The van der Waals surface area contributed by atoms with Crippen molar-refractivity contribution in [2.24, 2.45) is 5.92 Å². The summed E-state index contributed by atoms with van der Waals surface area (Å²) < 4.78 is 17.0. The van der Waals surface area contributed by atoms with Gasteiger partial charge >= 0.3 is 0 Å². The van der Waals surface area contributed by atoms with Gasteiger partial charge in [0.15, 0.2) is 5.65 Å². The number of fused-ring (bicyclic) bond motifs is 2. The molecule has 0 saturated carbocycles. The molecule has 1 atom stereocenters. The molecule has 4 heterocycles. The summed E-state index contributed by atoms with van der Waals surface area (Å²) in [5.41, 5.74) is 2.89. The fraction of sp³-hybridized carbons (Fsp3) is 0.259. The Bertz CT molecular complexity index is 1580. The maximum atomic E-state index is 14.1. The van der Waals surface area contributed by atoms with Gasteiger partial charge in [-0.3, -0.25) is 4.79 Å².